The summed E-state index contributed by atoms with van der Waals surface area (Å²) in [6, 6.07) is 11.5. The van der Waals surface area contributed by atoms with E-state index in [0.29, 0.717) is 42.5 Å². The molecule has 1 aliphatic heterocycles. The molecule has 0 saturated carbocycles. The van der Waals surface area contributed by atoms with Crippen LogP contribution in [0.5, 0.6) is 0 Å². The second-order valence-electron chi connectivity index (χ2n) is 6.61. The average Bonchev–Trinajstić information content (AvgIpc) is 2.69. The van der Waals surface area contributed by atoms with E-state index >= 15 is 0 Å². The Morgan fingerprint density at radius 2 is 1.89 bits per heavy atom. The molecule has 1 aromatic carbocycles. The van der Waals surface area contributed by atoms with E-state index in [1.807, 2.05) is 36.1 Å². The van der Waals surface area contributed by atoms with Crippen LogP contribution < -0.4 is 5.32 Å². The number of carbonyl (C=O) groups is 2. The third-order valence-corrected chi connectivity index (χ3v) is 5.80. The molecule has 1 saturated heterocycles. The maximum absolute atomic E-state index is 12.4. The Hall–Kier alpha value is -2.05. The third kappa shape index (κ3) is 5.71. The summed E-state index contributed by atoms with van der Waals surface area (Å²) in [5.74, 6) is 0.896. The van der Waals surface area contributed by atoms with Gasteiger partial charge in [0.1, 0.15) is 5.82 Å². The molecule has 1 fully saturated rings. The van der Waals surface area contributed by atoms with Gasteiger partial charge in [0.15, 0.2) is 0 Å². The smallest absolute Gasteiger partial charge is 0.232 e. The summed E-state index contributed by atoms with van der Waals surface area (Å²) in [6.45, 7) is 3.27. The minimum Gasteiger partial charge on any atom is -0.342 e. The van der Waals surface area contributed by atoms with E-state index in [0.717, 1.165) is 4.90 Å². The van der Waals surface area contributed by atoms with Crippen molar-refractivity contribution in [1.82, 2.24) is 9.88 Å². The van der Waals surface area contributed by atoms with E-state index < -0.39 is 0 Å². The first-order valence-electron chi connectivity index (χ1n) is 8.91. The SMILES string of the molecule is Cc1ccc(SCC(=O)N2CCC(C(=O)Nc3ccc(Cl)cn3)CC2)cc1. The van der Waals surface area contributed by atoms with Gasteiger partial charge >= 0.3 is 0 Å². The maximum atomic E-state index is 12.4. The van der Waals surface area contributed by atoms with Crippen molar-refractivity contribution in [3.05, 3.63) is 53.2 Å². The predicted octanol–water partition coefficient (Wildman–Crippen LogP) is 4.01. The van der Waals surface area contributed by atoms with Crippen molar-refractivity contribution in [2.24, 2.45) is 5.92 Å². The minimum atomic E-state index is -0.101. The number of rotatable bonds is 5. The van der Waals surface area contributed by atoms with Crippen LogP contribution in [0.25, 0.3) is 0 Å². The van der Waals surface area contributed by atoms with Gasteiger partial charge in [0.05, 0.1) is 10.8 Å². The zero-order chi connectivity index (χ0) is 19.2. The van der Waals surface area contributed by atoms with Gasteiger partial charge in [-0.2, -0.15) is 0 Å². The lowest BCUT2D eigenvalue weighted by molar-refractivity contribution is -0.132. The molecule has 2 aromatic rings. The second-order valence-corrected chi connectivity index (χ2v) is 8.09. The number of hydrogen-bond donors (Lipinski definition) is 1. The number of likely N-dealkylation sites (tertiary alicyclic amines) is 1. The molecule has 1 N–H and O–H groups in total. The lowest BCUT2D eigenvalue weighted by Crippen LogP contribution is -2.42. The fraction of sp³-hybridized carbons (Fsp3) is 0.350. The van der Waals surface area contributed by atoms with Crippen molar-refractivity contribution >= 4 is 41.0 Å². The Kier molecular flexibility index (Phi) is 6.74. The predicted molar refractivity (Wildman–Crippen MR) is 109 cm³/mol. The largest absolute Gasteiger partial charge is 0.342 e. The number of anilines is 1. The highest BCUT2D eigenvalue weighted by Gasteiger charge is 2.27. The number of nitrogens with one attached hydrogen (secondary N) is 1. The fourth-order valence-corrected chi connectivity index (χ4v) is 3.85. The first kappa shape index (κ1) is 19.7. The van der Waals surface area contributed by atoms with Gasteiger partial charge in [-0.25, -0.2) is 4.98 Å². The van der Waals surface area contributed by atoms with Crippen LogP contribution in [-0.2, 0) is 9.59 Å². The number of aryl methyl sites for hydroxylation is 1. The van der Waals surface area contributed by atoms with Gasteiger partial charge in [-0.15, -0.1) is 11.8 Å². The van der Waals surface area contributed by atoms with E-state index in [1.54, 1.807) is 23.9 Å². The Labute approximate surface area is 168 Å². The number of carbonyl (C=O) groups excluding carboxylic acids is 2. The molecule has 1 aromatic heterocycles. The number of hydrogen-bond acceptors (Lipinski definition) is 4. The Morgan fingerprint density at radius 3 is 2.52 bits per heavy atom. The number of amides is 2. The highest BCUT2D eigenvalue weighted by molar-refractivity contribution is 8.00. The standard InChI is InChI=1S/C20H22ClN3O2S/c1-14-2-5-17(6-3-14)27-13-19(25)24-10-8-15(9-11-24)20(26)23-18-7-4-16(21)12-22-18/h2-7,12,15H,8-11,13H2,1H3,(H,22,23,26). The number of halogens is 1. The number of benzene rings is 1. The zero-order valence-corrected chi connectivity index (χ0v) is 16.7. The van der Waals surface area contributed by atoms with Crippen molar-refractivity contribution < 1.29 is 9.59 Å². The maximum Gasteiger partial charge on any atom is 0.232 e. The number of piperidine rings is 1. The monoisotopic (exact) mass is 403 g/mol. The van der Waals surface area contributed by atoms with Crippen molar-refractivity contribution in [2.45, 2.75) is 24.7 Å². The van der Waals surface area contributed by atoms with Crippen LogP contribution >= 0.6 is 23.4 Å². The van der Waals surface area contributed by atoms with Crippen LogP contribution in [0.15, 0.2) is 47.5 Å². The normalized spacial score (nSPS) is 14.8. The lowest BCUT2D eigenvalue weighted by Gasteiger charge is -2.31. The number of pyridine rings is 1. The van der Waals surface area contributed by atoms with Gasteiger partial charge in [-0.3, -0.25) is 9.59 Å². The molecule has 0 bridgehead atoms. The molecule has 0 spiro atoms. The Bertz CT molecular complexity index is 788. The van der Waals surface area contributed by atoms with E-state index in [1.165, 1.54) is 11.8 Å². The van der Waals surface area contributed by atoms with Crippen molar-refractivity contribution in [3.8, 4) is 0 Å². The highest BCUT2D eigenvalue weighted by atomic mass is 35.5. The van der Waals surface area contributed by atoms with Crippen LogP contribution in [0.4, 0.5) is 5.82 Å². The molecule has 5 nitrogen and oxygen atoms in total. The highest BCUT2D eigenvalue weighted by Crippen LogP contribution is 2.22. The summed E-state index contributed by atoms with van der Waals surface area (Å²) < 4.78 is 0. The van der Waals surface area contributed by atoms with Gasteiger partial charge in [-0.05, 0) is 44.0 Å². The van der Waals surface area contributed by atoms with Crippen molar-refractivity contribution in [2.75, 3.05) is 24.2 Å². The zero-order valence-electron chi connectivity index (χ0n) is 15.2. The van der Waals surface area contributed by atoms with Crippen LogP contribution in [-0.4, -0.2) is 40.5 Å². The first-order valence-corrected chi connectivity index (χ1v) is 10.3. The summed E-state index contributed by atoms with van der Waals surface area (Å²) in [6.07, 6.45) is 2.84. The molecule has 2 heterocycles. The Balaban J connectivity index is 1.43. The molecule has 142 valence electrons. The Morgan fingerprint density at radius 1 is 1.19 bits per heavy atom. The van der Waals surface area contributed by atoms with Crippen LogP contribution in [0.3, 0.4) is 0 Å². The molecular formula is C20H22ClN3O2S. The summed E-state index contributed by atoms with van der Waals surface area (Å²) in [7, 11) is 0. The summed E-state index contributed by atoms with van der Waals surface area (Å²) >= 11 is 7.35. The van der Waals surface area contributed by atoms with E-state index in [2.05, 4.69) is 10.3 Å². The van der Waals surface area contributed by atoms with Gasteiger partial charge in [-0.1, -0.05) is 29.3 Å². The molecule has 1 aliphatic rings. The summed E-state index contributed by atoms with van der Waals surface area (Å²) in [4.78, 5) is 31.8. The quantitative estimate of drug-likeness (QED) is 0.766. The van der Waals surface area contributed by atoms with Crippen LogP contribution in [0, 0.1) is 12.8 Å². The molecule has 3 rings (SSSR count). The topological polar surface area (TPSA) is 62.3 Å². The van der Waals surface area contributed by atoms with Gasteiger partial charge in [0.2, 0.25) is 11.8 Å². The lowest BCUT2D eigenvalue weighted by atomic mass is 9.96. The molecular weight excluding hydrogens is 382 g/mol. The minimum absolute atomic E-state index is 0.0500. The van der Waals surface area contributed by atoms with Crippen molar-refractivity contribution in [1.29, 1.82) is 0 Å². The molecule has 0 radical (unpaired) electrons. The number of aromatic nitrogens is 1. The van der Waals surface area contributed by atoms with Gasteiger partial charge in [0, 0.05) is 30.1 Å². The first-order chi connectivity index (χ1) is 13.0. The van der Waals surface area contributed by atoms with Crippen LogP contribution in [0.1, 0.15) is 18.4 Å². The number of nitrogens with zero attached hydrogens (tertiary/aromatic N) is 2. The molecule has 7 heteroatoms. The average molecular weight is 404 g/mol. The number of thioether (sulfide) groups is 1. The van der Waals surface area contributed by atoms with Crippen molar-refractivity contribution in [3.63, 3.8) is 0 Å². The van der Waals surface area contributed by atoms with E-state index in [9.17, 15) is 9.59 Å². The van der Waals surface area contributed by atoms with Gasteiger partial charge in [0.25, 0.3) is 0 Å². The van der Waals surface area contributed by atoms with E-state index in [4.69, 9.17) is 11.6 Å². The molecule has 0 atom stereocenters. The fourth-order valence-electron chi connectivity index (χ4n) is 2.94. The molecule has 0 aliphatic carbocycles. The molecule has 0 unspecified atom stereocenters. The third-order valence-electron chi connectivity index (χ3n) is 4.58. The molecule has 2 amide bonds. The summed E-state index contributed by atoms with van der Waals surface area (Å²) in [5.41, 5.74) is 1.21. The van der Waals surface area contributed by atoms with Crippen LogP contribution in [0.2, 0.25) is 5.02 Å². The second kappa shape index (κ2) is 9.24. The molecule has 27 heavy (non-hydrogen) atoms. The van der Waals surface area contributed by atoms with E-state index in [-0.39, 0.29) is 17.7 Å². The summed E-state index contributed by atoms with van der Waals surface area (Å²) in [5, 5.41) is 3.35. The van der Waals surface area contributed by atoms with Gasteiger partial charge < -0.3 is 10.2 Å².